The summed E-state index contributed by atoms with van der Waals surface area (Å²) >= 11 is 0. The summed E-state index contributed by atoms with van der Waals surface area (Å²) in [5.41, 5.74) is 3.98. The van der Waals surface area contributed by atoms with Gasteiger partial charge in [0.25, 0.3) is 5.91 Å². The summed E-state index contributed by atoms with van der Waals surface area (Å²) in [6.45, 7) is 5.88. The Morgan fingerprint density at radius 3 is 2.39 bits per heavy atom. The fourth-order valence-electron chi connectivity index (χ4n) is 2.93. The summed E-state index contributed by atoms with van der Waals surface area (Å²) in [5, 5.41) is 4.09. The highest BCUT2D eigenvalue weighted by molar-refractivity contribution is 5.97. The van der Waals surface area contributed by atoms with E-state index in [1.807, 2.05) is 29.7 Å². The maximum Gasteiger partial charge on any atom is 0.405 e. The highest BCUT2D eigenvalue weighted by Crippen LogP contribution is 2.24. The second-order valence-corrected chi connectivity index (χ2v) is 6.94. The Balaban J connectivity index is 2.14. The van der Waals surface area contributed by atoms with Crippen LogP contribution >= 0.6 is 0 Å². The van der Waals surface area contributed by atoms with Crippen molar-refractivity contribution in [2.45, 2.75) is 39.8 Å². The first-order valence-electron chi connectivity index (χ1n) is 8.90. The predicted octanol–water partition coefficient (Wildman–Crippen LogP) is 3.63. The molecule has 0 radical (unpaired) electrons. The molecule has 5 nitrogen and oxygen atoms in total. The maximum absolute atomic E-state index is 12.4. The largest absolute Gasteiger partial charge is 0.405 e. The van der Waals surface area contributed by atoms with Crippen LogP contribution in [0.5, 0.6) is 0 Å². The van der Waals surface area contributed by atoms with Gasteiger partial charge in [-0.25, -0.2) is 0 Å². The molecule has 1 aromatic heterocycles. The number of benzene rings is 1. The molecule has 1 aromatic carbocycles. The van der Waals surface area contributed by atoms with Crippen molar-refractivity contribution in [3.05, 3.63) is 52.8 Å². The van der Waals surface area contributed by atoms with Gasteiger partial charge >= 0.3 is 6.18 Å². The average molecular weight is 395 g/mol. The molecule has 2 rings (SSSR count). The standard InChI is InChI=1S/C20H24F3N3O2/c1-12(2)15-6-5-7-16(9-15)26-13(3)8-17(14(26)4)19(28)24-10-18(27)25-11-20(21,22)23/h5-9,12H,10-11H2,1-4H3,(H,24,28)(H,25,27). The summed E-state index contributed by atoms with van der Waals surface area (Å²) in [6.07, 6.45) is -4.49. The van der Waals surface area contributed by atoms with E-state index in [4.69, 9.17) is 0 Å². The van der Waals surface area contributed by atoms with Crippen molar-refractivity contribution in [3.63, 3.8) is 0 Å². The number of alkyl halides is 3. The fraction of sp³-hybridized carbons (Fsp3) is 0.400. The Morgan fingerprint density at radius 2 is 1.79 bits per heavy atom. The minimum atomic E-state index is -4.49. The lowest BCUT2D eigenvalue weighted by Crippen LogP contribution is -2.40. The molecular formula is C20H24F3N3O2. The van der Waals surface area contributed by atoms with Gasteiger partial charge < -0.3 is 15.2 Å². The molecule has 1 heterocycles. The van der Waals surface area contributed by atoms with Crippen molar-refractivity contribution < 1.29 is 22.8 Å². The van der Waals surface area contributed by atoms with Gasteiger partial charge in [0.15, 0.2) is 0 Å². The van der Waals surface area contributed by atoms with Gasteiger partial charge in [-0.2, -0.15) is 13.2 Å². The summed E-state index contributed by atoms with van der Waals surface area (Å²) in [4.78, 5) is 23.9. The predicted molar refractivity (Wildman–Crippen MR) is 101 cm³/mol. The number of nitrogens with zero attached hydrogens (tertiary/aromatic N) is 1. The van der Waals surface area contributed by atoms with Crippen LogP contribution in [0.2, 0.25) is 0 Å². The number of carbonyl (C=O) groups excluding carboxylic acids is 2. The lowest BCUT2D eigenvalue weighted by molar-refractivity contribution is -0.137. The highest BCUT2D eigenvalue weighted by atomic mass is 19.4. The Bertz CT molecular complexity index is 870. The monoisotopic (exact) mass is 395 g/mol. The Morgan fingerprint density at radius 1 is 1.11 bits per heavy atom. The van der Waals surface area contributed by atoms with Gasteiger partial charge in [0, 0.05) is 17.1 Å². The molecule has 0 aliphatic rings. The molecule has 0 aliphatic heterocycles. The van der Waals surface area contributed by atoms with Crippen LogP contribution < -0.4 is 10.6 Å². The molecular weight excluding hydrogens is 371 g/mol. The van der Waals surface area contributed by atoms with Crippen LogP contribution in [-0.4, -0.2) is 35.6 Å². The van der Waals surface area contributed by atoms with Gasteiger partial charge in [0.05, 0.1) is 12.1 Å². The van der Waals surface area contributed by atoms with Crippen LogP contribution in [0.3, 0.4) is 0 Å². The van der Waals surface area contributed by atoms with Crippen molar-refractivity contribution in [3.8, 4) is 5.69 Å². The van der Waals surface area contributed by atoms with E-state index in [2.05, 4.69) is 25.2 Å². The van der Waals surface area contributed by atoms with Crippen LogP contribution in [0.4, 0.5) is 13.2 Å². The molecule has 2 amide bonds. The van der Waals surface area contributed by atoms with E-state index >= 15 is 0 Å². The third-order valence-corrected chi connectivity index (χ3v) is 4.37. The highest BCUT2D eigenvalue weighted by Gasteiger charge is 2.27. The second-order valence-electron chi connectivity index (χ2n) is 6.94. The minimum Gasteiger partial charge on any atom is -0.345 e. The molecule has 2 aromatic rings. The van der Waals surface area contributed by atoms with Crippen molar-refractivity contribution in [1.82, 2.24) is 15.2 Å². The van der Waals surface area contributed by atoms with Crippen molar-refractivity contribution >= 4 is 11.8 Å². The van der Waals surface area contributed by atoms with Gasteiger partial charge in [0.2, 0.25) is 5.91 Å². The Labute approximate surface area is 161 Å². The second kappa shape index (κ2) is 8.50. The molecule has 0 saturated heterocycles. The first-order chi connectivity index (χ1) is 13.0. The summed E-state index contributed by atoms with van der Waals surface area (Å²) in [5.74, 6) is -1.06. The van der Waals surface area contributed by atoms with Crippen LogP contribution in [0.25, 0.3) is 5.69 Å². The SMILES string of the molecule is Cc1cc(C(=O)NCC(=O)NCC(F)(F)F)c(C)n1-c1cccc(C(C)C)c1. The first kappa shape index (κ1) is 21.5. The van der Waals surface area contributed by atoms with E-state index in [9.17, 15) is 22.8 Å². The molecule has 2 N–H and O–H groups in total. The number of carbonyl (C=O) groups is 2. The number of halogens is 3. The molecule has 0 fully saturated rings. The Hall–Kier alpha value is -2.77. The summed E-state index contributed by atoms with van der Waals surface area (Å²) < 4.78 is 38.3. The molecule has 0 aliphatic carbocycles. The summed E-state index contributed by atoms with van der Waals surface area (Å²) in [7, 11) is 0. The zero-order valence-electron chi connectivity index (χ0n) is 16.3. The van der Waals surface area contributed by atoms with Gasteiger partial charge in [-0.05, 0) is 43.5 Å². The number of nitrogens with one attached hydrogen (secondary N) is 2. The van der Waals surface area contributed by atoms with Gasteiger partial charge in [-0.3, -0.25) is 9.59 Å². The van der Waals surface area contributed by atoms with E-state index in [0.29, 0.717) is 17.2 Å². The fourth-order valence-corrected chi connectivity index (χ4v) is 2.93. The van der Waals surface area contributed by atoms with Crippen molar-refractivity contribution in [2.24, 2.45) is 0 Å². The van der Waals surface area contributed by atoms with Crippen molar-refractivity contribution in [1.29, 1.82) is 0 Å². The smallest absolute Gasteiger partial charge is 0.345 e. The van der Waals surface area contributed by atoms with Gasteiger partial charge in [-0.15, -0.1) is 0 Å². The third kappa shape index (κ3) is 5.37. The molecule has 152 valence electrons. The molecule has 0 atom stereocenters. The normalized spacial score (nSPS) is 11.6. The molecule has 28 heavy (non-hydrogen) atoms. The van der Waals surface area contributed by atoms with E-state index in [1.165, 1.54) is 0 Å². The average Bonchev–Trinajstić information content (AvgIpc) is 2.91. The Kier molecular flexibility index (Phi) is 6.53. The van der Waals surface area contributed by atoms with E-state index in [-0.39, 0.29) is 0 Å². The molecule has 0 bridgehead atoms. The zero-order chi connectivity index (χ0) is 21.1. The van der Waals surface area contributed by atoms with E-state index in [1.54, 1.807) is 18.3 Å². The minimum absolute atomic E-state index is 0.356. The zero-order valence-corrected chi connectivity index (χ0v) is 16.3. The molecule has 0 spiro atoms. The van der Waals surface area contributed by atoms with Crippen LogP contribution in [-0.2, 0) is 4.79 Å². The van der Waals surface area contributed by atoms with Crippen molar-refractivity contribution in [2.75, 3.05) is 13.1 Å². The van der Waals surface area contributed by atoms with Crippen LogP contribution in [0.1, 0.15) is 47.1 Å². The first-order valence-corrected chi connectivity index (χ1v) is 8.90. The molecule has 0 unspecified atom stereocenters. The number of hydrogen-bond acceptors (Lipinski definition) is 2. The van der Waals surface area contributed by atoms with Gasteiger partial charge in [0.1, 0.15) is 6.54 Å². The molecule has 0 saturated carbocycles. The summed E-state index contributed by atoms with van der Waals surface area (Å²) in [6, 6.07) is 9.68. The third-order valence-electron chi connectivity index (χ3n) is 4.37. The number of aromatic nitrogens is 1. The quantitative estimate of drug-likeness (QED) is 0.785. The molecule has 8 heteroatoms. The van der Waals surface area contributed by atoms with Crippen LogP contribution in [0.15, 0.2) is 30.3 Å². The lowest BCUT2D eigenvalue weighted by Gasteiger charge is -2.13. The number of aryl methyl sites for hydroxylation is 1. The van der Waals surface area contributed by atoms with E-state index in [0.717, 1.165) is 16.9 Å². The van der Waals surface area contributed by atoms with Gasteiger partial charge in [-0.1, -0.05) is 26.0 Å². The van der Waals surface area contributed by atoms with Crippen LogP contribution in [0, 0.1) is 13.8 Å². The topological polar surface area (TPSA) is 63.1 Å². The number of amides is 2. The number of hydrogen-bond donors (Lipinski definition) is 2. The number of rotatable bonds is 6. The van der Waals surface area contributed by atoms with E-state index < -0.39 is 31.1 Å². The maximum atomic E-state index is 12.4. The lowest BCUT2D eigenvalue weighted by atomic mass is 10.0.